The second-order valence-corrected chi connectivity index (χ2v) is 6.62. The smallest absolute Gasteiger partial charge is 0.269 e. The lowest BCUT2D eigenvalue weighted by atomic mass is 10.1. The van der Waals surface area contributed by atoms with Crippen molar-refractivity contribution in [3.8, 4) is 11.4 Å². The van der Waals surface area contributed by atoms with Crippen molar-refractivity contribution in [2.45, 2.75) is 19.8 Å². The summed E-state index contributed by atoms with van der Waals surface area (Å²) in [4.78, 5) is 22.9. The van der Waals surface area contributed by atoms with Crippen LogP contribution >= 0.6 is 0 Å². The van der Waals surface area contributed by atoms with E-state index in [1.54, 1.807) is 22.9 Å². The molecule has 0 saturated carbocycles. The Morgan fingerprint density at radius 2 is 2.04 bits per heavy atom. The monoisotopic (exact) mass is 378 g/mol. The molecule has 8 nitrogen and oxygen atoms in total. The number of carbonyl (C=O) groups is 1. The van der Waals surface area contributed by atoms with Gasteiger partial charge in [-0.05, 0) is 36.2 Å². The maximum atomic E-state index is 12.5. The van der Waals surface area contributed by atoms with E-state index < -0.39 is 4.92 Å². The molecule has 142 valence electrons. The number of hydrogen-bond acceptors (Lipinski definition) is 5. The van der Waals surface area contributed by atoms with E-state index in [0.717, 1.165) is 29.0 Å². The molecule has 1 amide bonds. The molecule has 0 bridgehead atoms. The summed E-state index contributed by atoms with van der Waals surface area (Å²) in [6.07, 6.45) is 1.09. The van der Waals surface area contributed by atoms with Crippen molar-refractivity contribution in [2.75, 3.05) is 11.9 Å². The maximum Gasteiger partial charge on any atom is 0.269 e. The van der Waals surface area contributed by atoms with Crippen molar-refractivity contribution < 1.29 is 14.5 Å². The van der Waals surface area contributed by atoms with Gasteiger partial charge in [0.05, 0.1) is 29.3 Å². The van der Waals surface area contributed by atoms with Gasteiger partial charge in [-0.3, -0.25) is 14.9 Å². The zero-order valence-corrected chi connectivity index (χ0v) is 15.2. The van der Waals surface area contributed by atoms with Gasteiger partial charge in [-0.25, -0.2) is 4.68 Å². The molecule has 8 heteroatoms. The molecule has 3 aromatic rings. The molecule has 4 rings (SSSR count). The van der Waals surface area contributed by atoms with Gasteiger partial charge >= 0.3 is 0 Å². The van der Waals surface area contributed by atoms with Crippen molar-refractivity contribution in [3.05, 3.63) is 75.5 Å². The van der Waals surface area contributed by atoms with E-state index >= 15 is 0 Å². The summed E-state index contributed by atoms with van der Waals surface area (Å²) in [5.41, 5.74) is 3.39. The van der Waals surface area contributed by atoms with E-state index in [2.05, 4.69) is 10.4 Å². The van der Waals surface area contributed by atoms with Crippen molar-refractivity contribution in [2.24, 2.45) is 0 Å². The fraction of sp³-hybridized carbons (Fsp3) is 0.200. The lowest BCUT2D eigenvalue weighted by Gasteiger charge is -2.09. The van der Waals surface area contributed by atoms with Crippen LogP contribution in [0.2, 0.25) is 0 Å². The molecule has 28 heavy (non-hydrogen) atoms. The maximum absolute atomic E-state index is 12.5. The van der Waals surface area contributed by atoms with Crippen LogP contribution in [0.4, 0.5) is 11.5 Å². The normalized spacial score (nSPS) is 12.3. The minimum atomic E-state index is -0.456. The molecule has 1 aliphatic heterocycles. The van der Waals surface area contributed by atoms with Gasteiger partial charge in [-0.2, -0.15) is 5.10 Å². The Bertz CT molecular complexity index is 1060. The fourth-order valence-electron chi connectivity index (χ4n) is 3.22. The number of anilines is 1. The average Bonchev–Trinajstić information content (AvgIpc) is 3.27. The lowest BCUT2D eigenvalue weighted by molar-refractivity contribution is -0.384. The number of aryl methyl sites for hydroxylation is 1. The third-order valence-electron chi connectivity index (χ3n) is 4.52. The predicted octanol–water partition coefficient (Wildman–Crippen LogP) is 3.21. The van der Waals surface area contributed by atoms with E-state index in [-0.39, 0.29) is 18.0 Å². The number of hydrogen-bond donors (Lipinski definition) is 1. The largest absolute Gasteiger partial charge is 0.493 e. The van der Waals surface area contributed by atoms with E-state index in [1.165, 1.54) is 12.1 Å². The van der Waals surface area contributed by atoms with E-state index in [9.17, 15) is 14.9 Å². The van der Waals surface area contributed by atoms with Gasteiger partial charge in [0.25, 0.3) is 5.69 Å². The second kappa shape index (κ2) is 7.15. The van der Waals surface area contributed by atoms with Gasteiger partial charge in [0.2, 0.25) is 5.91 Å². The van der Waals surface area contributed by atoms with E-state index in [0.29, 0.717) is 18.1 Å². The van der Waals surface area contributed by atoms with Crippen molar-refractivity contribution in [1.82, 2.24) is 9.78 Å². The standard InChI is InChI=1S/C20H18N4O4/c1-13-10-19(23(22-13)16-3-5-17(6-4-16)24(26)27)21-20(25)12-14-2-7-18-15(11-14)8-9-28-18/h2-7,10-11H,8-9,12H2,1H3,(H,21,25). The van der Waals surface area contributed by atoms with Crippen molar-refractivity contribution in [1.29, 1.82) is 0 Å². The van der Waals surface area contributed by atoms with E-state index in [4.69, 9.17) is 4.74 Å². The number of carbonyl (C=O) groups excluding carboxylic acids is 1. The van der Waals surface area contributed by atoms with Gasteiger partial charge in [-0.15, -0.1) is 0 Å². The summed E-state index contributed by atoms with van der Waals surface area (Å²) in [6, 6.07) is 13.6. The highest BCUT2D eigenvalue weighted by Gasteiger charge is 2.15. The number of nitro benzene ring substituents is 1. The SMILES string of the molecule is Cc1cc(NC(=O)Cc2ccc3c(c2)CCO3)n(-c2ccc([N+](=O)[O-])cc2)n1. The summed E-state index contributed by atoms with van der Waals surface area (Å²) in [5, 5.41) is 18.1. The Labute approximate surface area is 160 Å². The highest BCUT2D eigenvalue weighted by Crippen LogP contribution is 2.26. The number of non-ortho nitro benzene ring substituents is 1. The third kappa shape index (κ3) is 3.57. The van der Waals surface area contributed by atoms with Crippen molar-refractivity contribution >= 4 is 17.4 Å². The zero-order valence-electron chi connectivity index (χ0n) is 15.2. The predicted molar refractivity (Wildman–Crippen MR) is 103 cm³/mol. The molecule has 1 aliphatic rings. The number of aromatic nitrogens is 2. The first-order valence-electron chi connectivity index (χ1n) is 8.85. The van der Waals surface area contributed by atoms with Gasteiger partial charge in [-0.1, -0.05) is 12.1 Å². The van der Waals surface area contributed by atoms with Crippen LogP contribution in [0.15, 0.2) is 48.5 Å². The summed E-state index contributed by atoms with van der Waals surface area (Å²) in [5.74, 6) is 1.24. The first-order chi connectivity index (χ1) is 13.5. The summed E-state index contributed by atoms with van der Waals surface area (Å²) in [6.45, 7) is 2.50. The highest BCUT2D eigenvalue weighted by molar-refractivity contribution is 5.91. The van der Waals surface area contributed by atoms with Crippen LogP contribution in [0.5, 0.6) is 5.75 Å². The fourth-order valence-corrected chi connectivity index (χ4v) is 3.22. The number of amides is 1. The van der Waals surface area contributed by atoms with Crippen LogP contribution < -0.4 is 10.1 Å². The topological polar surface area (TPSA) is 99.3 Å². The zero-order chi connectivity index (χ0) is 19.7. The molecular weight excluding hydrogens is 360 g/mol. The molecule has 0 spiro atoms. The van der Waals surface area contributed by atoms with Crippen LogP contribution in [0.25, 0.3) is 5.69 Å². The number of nitro groups is 1. The minimum Gasteiger partial charge on any atom is -0.493 e. The molecule has 0 aliphatic carbocycles. The molecule has 0 atom stereocenters. The Morgan fingerprint density at radius 1 is 1.25 bits per heavy atom. The summed E-state index contributed by atoms with van der Waals surface area (Å²) < 4.78 is 7.05. The first kappa shape index (κ1) is 17.7. The summed E-state index contributed by atoms with van der Waals surface area (Å²) in [7, 11) is 0. The van der Waals surface area contributed by atoms with Gasteiger partial charge < -0.3 is 10.1 Å². The summed E-state index contributed by atoms with van der Waals surface area (Å²) >= 11 is 0. The molecule has 1 N–H and O–H groups in total. The van der Waals surface area contributed by atoms with Crippen LogP contribution in [-0.2, 0) is 17.6 Å². The van der Waals surface area contributed by atoms with E-state index in [1.807, 2.05) is 25.1 Å². The Balaban J connectivity index is 1.52. The third-order valence-corrected chi connectivity index (χ3v) is 4.52. The van der Waals surface area contributed by atoms with Gasteiger partial charge in [0.15, 0.2) is 0 Å². The van der Waals surface area contributed by atoms with Gasteiger partial charge in [0.1, 0.15) is 11.6 Å². The van der Waals surface area contributed by atoms with Crippen LogP contribution in [0, 0.1) is 17.0 Å². The number of ether oxygens (including phenoxy) is 1. The average molecular weight is 378 g/mol. The number of fused-ring (bicyclic) bond motifs is 1. The minimum absolute atomic E-state index is 0.00111. The molecule has 1 aromatic heterocycles. The Hall–Kier alpha value is -3.68. The molecule has 0 unspecified atom stereocenters. The number of nitrogens with zero attached hydrogens (tertiary/aromatic N) is 3. The molecular formula is C20H18N4O4. The van der Waals surface area contributed by atoms with Gasteiger partial charge in [0, 0.05) is 24.6 Å². The van der Waals surface area contributed by atoms with Crippen LogP contribution in [-0.4, -0.2) is 27.2 Å². The quantitative estimate of drug-likeness (QED) is 0.543. The molecule has 2 heterocycles. The van der Waals surface area contributed by atoms with Crippen LogP contribution in [0.1, 0.15) is 16.8 Å². The number of nitrogens with one attached hydrogen (secondary N) is 1. The highest BCUT2D eigenvalue weighted by atomic mass is 16.6. The molecule has 2 aromatic carbocycles. The Morgan fingerprint density at radius 3 is 2.79 bits per heavy atom. The molecule has 0 fully saturated rings. The molecule has 0 radical (unpaired) electrons. The second-order valence-electron chi connectivity index (χ2n) is 6.62. The number of rotatable bonds is 5. The van der Waals surface area contributed by atoms with Crippen LogP contribution in [0.3, 0.4) is 0 Å². The molecule has 0 saturated heterocycles. The number of benzene rings is 2. The first-order valence-corrected chi connectivity index (χ1v) is 8.85. The lowest BCUT2D eigenvalue weighted by Crippen LogP contribution is -2.17. The van der Waals surface area contributed by atoms with Crippen molar-refractivity contribution in [3.63, 3.8) is 0 Å². The Kier molecular flexibility index (Phi) is 4.52.